The molecule has 2 amide bonds. The molecule has 0 aromatic heterocycles. The van der Waals surface area contributed by atoms with Crippen molar-refractivity contribution in [2.45, 2.75) is 39.2 Å². The Kier molecular flexibility index (Phi) is 7.08. The third-order valence-electron chi connectivity index (χ3n) is 5.47. The first-order valence-corrected chi connectivity index (χ1v) is 12.4. The summed E-state index contributed by atoms with van der Waals surface area (Å²) < 4.78 is 30.3. The van der Waals surface area contributed by atoms with Crippen molar-refractivity contribution in [1.29, 1.82) is 0 Å². The van der Waals surface area contributed by atoms with Gasteiger partial charge in [-0.2, -0.15) is 0 Å². The Morgan fingerprint density at radius 2 is 1.91 bits per heavy atom. The van der Waals surface area contributed by atoms with Gasteiger partial charge in [-0.3, -0.25) is 13.9 Å². The average molecular weight is 460 g/mol. The minimum absolute atomic E-state index is 0.123. The number of nitrogens with one attached hydrogen (secondary N) is 1. The van der Waals surface area contributed by atoms with Gasteiger partial charge in [-0.1, -0.05) is 6.92 Å². The molecular formula is C23H29N3O5S. The molecule has 9 heteroatoms. The number of hydrogen-bond donors (Lipinski definition) is 1. The van der Waals surface area contributed by atoms with E-state index in [2.05, 4.69) is 5.32 Å². The smallest absolute Gasteiger partial charge is 0.265 e. The van der Waals surface area contributed by atoms with Gasteiger partial charge in [0, 0.05) is 31.4 Å². The maximum absolute atomic E-state index is 12.8. The van der Waals surface area contributed by atoms with Crippen LogP contribution >= 0.6 is 0 Å². The standard InChI is InChI=1S/C23H29N3O5S/c1-5-21(31-19-11-9-18(10-12-19)25(3)32(4,29)30)23(28)24-17-8-13-20(16(2)15-17)26-14-6-7-22(26)27/h8-13,15,21H,5-7,14H2,1-4H3,(H,24,28)/t21-/m0/s1. The summed E-state index contributed by atoms with van der Waals surface area (Å²) in [6.45, 7) is 4.48. The topological polar surface area (TPSA) is 96.0 Å². The largest absolute Gasteiger partial charge is 0.481 e. The minimum Gasteiger partial charge on any atom is -0.481 e. The lowest BCUT2D eigenvalue weighted by molar-refractivity contribution is -0.122. The molecule has 1 atom stereocenters. The zero-order valence-corrected chi connectivity index (χ0v) is 19.6. The molecule has 0 radical (unpaired) electrons. The van der Waals surface area contributed by atoms with Crippen LogP contribution in [0.1, 0.15) is 31.7 Å². The van der Waals surface area contributed by atoms with Crippen molar-refractivity contribution in [1.82, 2.24) is 0 Å². The van der Waals surface area contributed by atoms with E-state index < -0.39 is 16.1 Å². The summed E-state index contributed by atoms with van der Waals surface area (Å²) in [5, 5.41) is 2.88. The van der Waals surface area contributed by atoms with E-state index in [1.807, 2.05) is 26.0 Å². The molecular weight excluding hydrogens is 430 g/mol. The number of amides is 2. The van der Waals surface area contributed by atoms with Crippen LogP contribution < -0.4 is 19.3 Å². The molecule has 3 rings (SSSR count). The van der Waals surface area contributed by atoms with E-state index in [0.29, 0.717) is 30.0 Å². The first kappa shape index (κ1) is 23.6. The van der Waals surface area contributed by atoms with Gasteiger partial charge in [0.2, 0.25) is 15.9 Å². The lowest BCUT2D eigenvalue weighted by Crippen LogP contribution is -2.32. The van der Waals surface area contributed by atoms with E-state index in [9.17, 15) is 18.0 Å². The van der Waals surface area contributed by atoms with Crippen LogP contribution in [0.15, 0.2) is 42.5 Å². The van der Waals surface area contributed by atoms with Crippen molar-refractivity contribution in [2.75, 3.05) is 34.4 Å². The molecule has 0 spiro atoms. The molecule has 32 heavy (non-hydrogen) atoms. The summed E-state index contributed by atoms with van der Waals surface area (Å²) in [6.07, 6.45) is 2.30. The van der Waals surface area contributed by atoms with E-state index in [1.54, 1.807) is 35.2 Å². The maximum Gasteiger partial charge on any atom is 0.265 e. The molecule has 0 aliphatic carbocycles. The summed E-state index contributed by atoms with van der Waals surface area (Å²) in [7, 11) is -1.88. The third-order valence-corrected chi connectivity index (χ3v) is 6.67. The Morgan fingerprint density at radius 1 is 1.22 bits per heavy atom. The van der Waals surface area contributed by atoms with Crippen LogP contribution in [0.5, 0.6) is 5.75 Å². The van der Waals surface area contributed by atoms with Crippen LogP contribution in [0.3, 0.4) is 0 Å². The second-order valence-corrected chi connectivity index (χ2v) is 9.89. The monoisotopic (exact) mass is 459 g/mol. The number of carbonyl (C=O) groups excluding carboxylic acids is 2. The molecule has 1 N–H and O–H groups in total. The van der Waals surface area contributed by atoms with Crippen LogP contribution in [-0.4, -0.2) is 46.2 Å². The summed E-state index contributed by atoms with van der Waals surface area (Å²) in [6, 6.07) is 12.0. The Labute approximate surface area is 189 Å². The van der Waals surface area contributed by atoms with Crippen molar-refractivity contribution < 1.29 is 22.7 Å². The second-order valence-electron chi connectivity index (χ2n) is 7.88. The Morgan fingerprint density at radius 3 is 2.44 bits per heavy atom. The first-order valence-electron chi connectivity index (χ1n) is 10.5. The van der Waals surface area contributed by atoms with E-state index in [0.717, 1.165) is 30.5 Å². The van der Waals surface area contributed by atoms with Crippen molar-refractivity contribution in [3.05, 3.63) is 48.0 Å². The molecule has 2 aromatic rings. The Bertz CT molecular complexity index is 1100. The highest BCUT2D eigenvalue weighted by Crippen LogP contribution is 2.28. The average Bonchev–Trinajstić information content (AvgIpc) is 3.17. The van der Waals surface area contributed by atoms with Crippen molar-refractivity contribution >= 4 is 38.9 Å². The fourth-order valence-corrected chi connectivity index (χ4v) is 4.08. The summed E-state index contributed by atoms with van der Waals surface area (Å²) in [5.41, 5.74) is 2.92. The lowest BCUT2D eigenvalue weighted by atomic mass is 10.1. The Balaban J connectivity index is 1.66. The molecule has 2 aromatic carbocycles. The molecule has 1 fully saturated rings. The molecule has 0 saturated carbocycles. The number of ether oxygens (including phenoxy) is 1. The predicted octanol–water partition coefficient (Wildman–Crippen LogP) is 3.31. The first-order chi connectivity index (χ1) is 15.1. The Hall–Kier alpha value is -3.07. The molecule has 1 heterocycles. The number of hydrogen-bond acceptors (Lipinski definition) is 5. The zero-order chi connectivity index (χ0) is 23.5. The number of benzene rings is 2. The summed E-state index contributed by atoms with van der Waals surface area (Å²) in [5.74, 6) is 0.309. The fraction of sp³-hybridized carbons (Fsp3) is 0.391. The van der Waals surface area contributed by atoms with Crippen LogP contribution in [0.2, 0.25) is 0 Å². The fourth-order valence-electron chi connectivity index (χ4n) is 3.57. The molecule has 1 saturated heterocycles. The van der Waals surface area contributed by atoms with Gasteiger partial charge >= 0.3 is 0 Å². The zero-order valence-electron chi connectivity index (χ0n) is 18.8. The highest BCUT2D eigenvalue weighted by Gasteiger charge is 2.24. The van der Waals surface area contributed by atoms with Crippen molar-refractivity contribution in [3.8, 4) is 5.75 Å². The van der Waals surface area contributed by atoms with E-state index in [1.165, 1.54) is 11.4 Å². The number of carbonyl (C=O) groups is 2. The normalized spacial score (nSPS) is 14.9. The van der Waals surface area contributed by atoms with Crippen LogP contribution in [0, 0.1) is 6.92 Å². The number of aryl methyl sites for hydroxylation is 1. The second kappa shape index (κ2) is 9.60. The number of rotatable bonds is 8. The van der Waals surface area contributed by atoms with Gasteiger partial charge in [0.1, 0.15) is 5.75 Å². The van der Waals surface area contributed by atoms with Gasteiger partial charge in [0.15, 0.2) is 6.10 Å². The molecule has 172 valence electrons. The quantitative estimate of drug-likeness (QED) is 0.653. The van der Waals surface area contributed by atoms with Gasteiger partial charge in [-0.15, -0.1) is 0 Å². The van der Waals surface area contributed by atoms with Gasteiger partial charge in [0.25, 0.3) is 5.91 Å². The van der Waals surface area contributed by atoms with E-state index in [-0.39, 0.29) is 11.8 Å². The van der Waals surface area contributed by atoms with Crippen LogP contribution in [-0.2, 0) is 19.6 Å². The van der Waals surface area contributed by atoms with E-state index >= 15 is 0 Å². The van der Waals surface area contributed by atoms with Gasteiger partial charge in [-0.25, -0.2) is 8.42 Å². The number of sulfonamides is 1. The lowest BCUT2D eigenvalue weighted by Gasteiger charge is -2.21. The molecule has 0 bridgehead atoms. The van der Waals surface area contributed by atoms with Crippen molar-refractivity contribution in [3.63, 3.8) is 0 Å². The summed E-state index contributed by atoms with van der Waals surface area (Å²) >= 11 is 0. The molecule has 0 unspecified atom stereocenters. The number of nitrogens with zero attached hydrogens (tertiary/aromatic N) is 2. The maximum atomic E-state index is 12.8. The van der Waals surface area contributed by atoms with Gasteiger partial charge < -0.3 is 15.0 Å². The molecule has 8 nitrogen and oxygen atoms in total. The third kappa shape index (κ3) is 5.40. The van der Waals surface area contributed by atoms with E-state index in [4.69, 9.17) is 4.74 Å². The molecule has 1 aliphatic rings. The number of anilines is 3. The van der Waals surface area contributed by atoms with Crippen molar-refractivity contribution in [2.24, 2.45) is 0 Å². The molecule has 1 aliphatic heterocycles. The summed E-state index contributed by atoms with van der Waals surface area (Å²) in [4.78, 5) is 26.6. The highest BCUT2D eigenvalue weighted by molar-refractivity contribution is 7.92. The minimum atomic E-state index is -3.35. The van der Waals surface area contributed by atoms with Gasteiger partial charge in [-0.05, 0) is 67.8 Å². The van der Waals surface area contributed by atoms with Crippen LogP contribution in [0.4, 0.5) is 17.1 Å². The highest BCUT2D eigenvalue weighted by atomic mass is 32.2. The van der Waals surface area contributed by atoms with Crippen LogP contribution in [0.25, 0.3) is 0 Å². The van der Waals surface area contributed by atoms with Gasteiger partial charge in [0.05, 0.1) is 11.9 Å². The predicted molar refractivity (Wildman–Crippen MR) is 126 cm³/mol. The SMILES string of the molecule is CC[C@H](Oc1ccc(N(C)S(C)(=O)=O)cc1)C(=O)Nc1ccc(N2CCCC2=O)c(C)c1.